The van der Waals surface area contributed by atoms with Crippen LogP contribution in [-0.2, 0) is 16.1 Å². The Bertz CT molecular complexity index is 1110. The van der Waals surface area contributed by atoms with Gasteiger partial charge in [-0.1, -0.05) is 12.1 Å². The number of amides is 4. The van der Waals surface area contributed by atoms with Crippen molar-refractivity contribution < 1.29 is 28.2 Å². The molecule has 3 aliphatic heterocycles. The van der Waals surface area contributed by atoms with Crippen molar-refractivity contribution in [1.82, 2.24) is 15.1 Å². The van der Waals surface area contributed by atoms with Gasteiger partial charge < -0.3 is 25.0 Å². The van der Waals surface area contributed by atoms with Crippen molar-refractivity contribution in [3.8, 4) is 11.5 Å². The minimum atomic E-state index is -0.590. The number of piperidine rings is 1. The van der Waals surface area contributed by atoms with Crippen LogP contribution in [0, 0.1) is 5.82 Å². The Morgan fingerprint density at radius 1 is 1.15 bits per heavy atom. The molecule has 2 aromatic rings. The van der Waals surface area contributed by atoms with Crippen LogP contribution in [0.25, 0.3) is 0 Å². The Hall–Kier alpha value is -3.66. The van der Waals surface area contributed by atoms with E-state index in [1.807, 2.05) is 0 Å². The second kappa shape index (κ2) is 8.70. The fourth-order valence-corrected chi connectivity index (χ4v) is 4.49. The highest BCUT2D eigenvalue weighted by Gasteiger charge is 2.47. The van der Waals surface area contributed by atoms with Gasteiger partial charge in [0, 0.05) is 5.69 Å². The van der Waals surface area contributed by atoms with Crippen molar-refractivity contribution in [2.45, 2.75) is 31.5 Å². The molecule has 0 aromatic heterocycles. The molecule has 2 atom stereocenters. The molecule has 3 heterocycles. The molecule has 2 unspecified atom stereocenters. The summed E-state index contributed by atoms with van der Waals surface area (Å²) in [5, 5.41) is 5.82. The summed E-state index contributed by atoms with van der Waals surface area (Å²) in [5.41, 5.74) is 1.01. The summed E-state index contributed by atoms with van der Waals surface area (Å²) >= 11 is 0. The van der Waals surface area contributed by atoms with Gasteiger partial charge in [0.1, 0.15) is 18.4 Å². The molecule has 2 fully saturated rings. The average Bonchev–Trinajstić information content (AvgIpc) is 3.27. The molecule has 33 heavy (non-hydrogen) atoms. The SMILES string of the molecule is O=C(CN1C(=O)N(Cc2ccc3c(c2)OCO3)C(=O)C2NCCCC21)Nc1cccc(F)c1. The Morgan fingerprint density at radius 3 is 2.85 bits per heavy atom. The Kier molecular flexibility index (Phi) is 5.59. The first-order valence-corrected chi connectivity index (χ1v) is 10.8. The summed E-state index contributed by atoms with van der Waals surface area (Å²) < 4.78 is 24.2. The smallest absolute Gasteiger partial charge is 0.327 e. The molecular weight excluding hydrogens is 431 g/mol. The number of anilines is 1. The lowest BCUT2D eigenvalue weighted by Crippen LogP contribution is -2.70. The second-order valence-corrected chi connectivity index (χ2v) is 8.22. The number of nitrogens with one attached hydrogen (secondary N) is 2. The number of nitrogens with zero attached hydrogens (tertiary/aromatic N) is 2. The third kappa shape index (κ3) is 4.21. The summed E-state index contributed by atoms with van der Waals surface area (Å²) in [4.78, 5) is 41.9. The van der Waals surface area contributed by atoms with Gasteiger partial charge in [-0.25, -0.2) is 9.18 Å². The molecule has 2 saturated heterocycles. The van der Waals surface area contributed by atoms with Crippen molar-refractivity contribution >= 4 is 23.5 Å². The quantitative estimate of drug-likeness (QED) is 0.718. The van der Waals surface area contributed by atoms with E-state index >= 15 is 0 Å². The maximum Gasteiger partial charge on any atom is 0.327 e. The minimum absolute atomic E-state index is 0.0429. The number of ether oxygens (including phenoxy) is 2. The second-order valence-electron chi connectivity index (χ2n) is 8.22. The van der Waals surface area contributed by atoms with Gasteiger partial charge in [-0.3, -0.25) is 14.5 Å². The molecule has 3 aliphatic rings. The van der Waals surface area contributed by atoms with E-state index < -0.39 is 29.8 Å². The van der Waals surface area contributed by atoms with Gasteiger partial charge >= 0.3 is 6.03 Å². The van der Waals surface area contributed by atoms with Crippen LogP contribution in [0.1, 0.15) is 18.4 Å². The number of hydrogen-bond donors (Lipinski definition) is 2. The van der Waals surface area contributed by atoms with Gasteiger partial charge in [-0.15, -0.1) is 0 Å². The van der Waals surface area contributed by atoms with E-state index in [4.69, 9.17) is 9.47 Å². The summed E-state index contributed by atoms with van der Waals surface area (Å²) in [6.45, 7) is 0.578. The molecule has 0 bridgehead atoms. The predicted octanol–water partition coefficient (Wildman–Crippen LogP) is 2.08. The van der Waals surface area contributed by atoms with Crippen molar-refractivity contribution in [1.29, 1.82) is 0 Å². The van der Waals surface area contributed by atoms with E-state index in [0.29, 0.717) is 35.7 Å². The molecule has 10 heteroatoms. The minimum Gasteiger partial charge on any atom is -0.454 e. The van der Waals surface area contributed by atoms with E-state index in [2.05, 4.69) is 10.6 Å². The first-order chi connectivity index (χ1) is 16.0. The van der Waals surface area contributed by atoms with Crippen molar-refractivity contribution in [3.05, 3.63) is 53.8 Å². The topological polar surface area (TPSA) is 100 Å². The van der Waals surface area contributed by atoms with Crippen LogP contribution < -0.4 is 20.1 Å². The number of fused-ring (bicyclic) bond motifs is 2. The van der Waals surface area contributed by atoms with E-state index in [9.17, 15) is 18.8 Å². The van der Waals surface area contributed by atoms with Crippen LogP contribution in [0.4, 0.5) is 14.9 Å². The molecule has 9 nitrogen and oxygen atoms in total. The zero-order valence-corrected chi connectivity index (χ0v) is 17.8. The average molecular weight is 454 g/mol. The lowest BCUT2D eigenvalue weighted by molar-refractivity contribution is -0.138. The van der Waals surface area contributed by atoms with Crippen LogP contribution in [-0.4, -0.2) is 59.6 Å². The van der Waals surface area contributed by atoms with E-state index in [0.717, 1.165) is 11.3 Å². The van der Waals surface area contributed by atoms with Crippen molar-refractivity contribution in [2.75, 3.05) is 25.2 Å². The number of hydrogen-bond acceptors (Lipinski definition) is 6. The number of imide groups is 1. The van der Waals surface area contributed by atoms with Crippen LogP contribution in [0.15, 0.2) is 42.5 Å². The van der Waals surface area contributed by atoms with Crippen LogP contribution in [0.3, 0.4) is 0 Å². The van der Waals surface area contributed by atoms with Crippen LogP contribution >= 0.6 is 0 Å². The number of halogens is 1. The van der Waals surface area contributed by atoms with E-state index in [1.54, 1.807) is 24.3 Å². The fourth-order valence-electron chi connectivity index (χ4n) is 4.49. The summed E-state index contributed by atoms with van der Waals surface area (Å²) in [7, 11) is 0. The molecule has 0 aliphatic carbocycles. The lowest BCUT2D eigenvalue weighted by atomic mass is 9.93. The number of rotatable bonds is 5. The monoisotopic (exact) mass is 454 g/mol. The van der Waals surface area contributed by atoms with Gasteiger partial charge in [0.25, 0.3) is 0 Å². The molecule has 2 N–H and O–H groups in total. The van der Waals surface area contributed by atoms with Crippen molar-refractivity contribution in [3.63, 3.8) is 0 Å². The third-order valence-electron chi connectivity index (χ3n) is 6.03. The molecule has 0 spiro atoms. The van der Waals surface area contributed by atoms with E-state index in [-0.39, 0.29) is 25.8 Å². The van der Waals surface area contributed by atoms with Gasteiger partial charge in [0.2, 0.25) is 18.6 Å². The highest BCUT2D eigenvalue weighted by molar-refractivity contribution is 6.02. The highest BCUT2D eigenvalue weighted by atomic mass is 19.1. The summed E-state index contributed by atoms with van der Waals surface area (Å²) in [5.74, 6) is -0.0807. The molecular formula is C23H23FN4O5. The summed E-state index contributed by atoms with van der Waals surface area (Å²) in [6.07, 6.45) is 1.39. The zero-order chi connectivity index (χ0) is 22.9. The molecule has 0 saturated carbocycles. The number of carbonyl (C=O) groups excluding carboxylic acids is 3. The van der Waals surface area contributed by atoms with Gasteiger partial charge in [-0.05, 0) is 55.3 Å². The molecule has 4 amide bonds. The lowest BCUT2D eigenvalue weighted by Gasteiger charge is -2.46. The highest BCUT2D eigenvalue weighted by Crippen LogP contribution is 2.33. The van der Waals surface area contributed by atoms with Gasteiger partial charge in [-0.2, -0.15) is 0 Å². The molecule has 2 aromatic carbocycles. The Morgan fingerprint density at radius 2 is 2.00 bits per heavy atom. The van der Waals surface area contributed by atoms with Crippen LogP contribution in [0.5, 0.6) is 11.5 Å². The predicted molar refractivity (Wildman–Crippen MR) is 115 cm³/mol. The number of carbonyl (C=O) groups is 3. The maximum atomic E-state index is 13.5. The number of benzene rings is 2. The fraction of sp³-hybridized carbons (Fsp3) is 0.348. The molecule has 0 radical (unpaired) electrons. The van der Waals surface area contributed by atoms with E-state index in [1.165, 1.54) is 23.1 Å². The molecule has 172 valence electrons. The van der Waals surface area contributed by atoms with Gasteiger partial charge in [0.05, 0.1) is 12.6 Å². The maximum absolute atomic E-state index is 13.5. The summed E-state index contributed by atoms with van der Waals surface area (Å²) in [6, 6.07) is 9.25. The third-order valence-corrected chi connectivity index (χ3v) is 6.03. The Balaban J connectivity index is 1.36. The first kappa shape index (κ1) is 21.2. The number of urea groups is 1. The largest absolute Gasteiger partial charge is 0.454 e. The normalized spacial score (nSPS) is 21.7. The Labute approximate surface area is 189 Å². The first-order valence-electron chi connectivity index (χ1n) is 10.8. The van der Waals surface area contributed by atoms with Gasteiger partial charge in [0.15, 0.2) is 11.5 Å². The zero-order valence-electron chi connectivity index (χ0n) is 17.8. The molecule has 5 rings (SSSR count). The van der Waals surface area contributed by atoms with Crippen molar-refractivity contribution in [2.24, 2.45) is 0 Å². The standard InChI is InChI=1S/C23H23FN4O5/c24-15-3-1-4-16(10-15)26-20(29)12-27-17-5-2-8-25-21(17)22(30)28(23(27)31)11-14-6-7-18-19(9-14)33-13-32-18/h1,3-4,6-7,9-10,17,21,25H,2,5,8,11-13H2,(H,26,29). The van der Waals surface area contributed by atoms with Crippen LogP contribution in [0.2, 0.25) is 0 Å².